The van der Waals surface area contributed by atoms with Crippen LogP contribution >= 0.6 is 11.3 Å². The molecule has 0 radical (unpaired) electrons. The molecule has 0 unspecified atom stereocenters. The number of nitrogens with one attached hydrogen (secondary N) is 1. The number of fused-ring (bicyclic) bond motifs is 1. The van der Waals surface area contributed by atoms with Gasteiger partial charge in [0.05, 0.1) is 23.3 Å². The third-order valence-corrected chi connectivity index (χ3v) is 4.73. The van der Waals surface area contributed by atoms with Crippen molar-refractivity contribution in [1.82, 2.24) is 20.1 Å². The van der Waals surface area contributed by atoms with Crippen molar-refractivity contribution in [2.45, 2.75) is 6.54 Å². The van der Waals surface area contributed by atoms with Crippen molar-refractivity contribution < 1.29 is 4.79 Å². The number of piperazine rings is 1. The first-order valence-electron chi connectivity index (χ1n) is 7.24. The number of hydrogen-bond acceptors (Lipinski definition) is 5. The van der Waals surface area contributed by atoms with Crippen LogP contribution < -0.4 is 5.32 Å². The Hall–Kier alpha value is -1.50. The first-order chi connectivity index (χ1) is 10.2. The second-order valence-corrected chi connectivity index (χ2v) is 6.47. The van der Waals surface area contributed by atoms with Crippen LogP contribution in [0.4, 0.5) is 0 Å². The SMILES string of the molecule is CN(Cc1nc2ccccc2s1)C(=O)CN1CCNCC1. The summed E-state index contributed by atoms with van der Waals surface area (Å²) in [5.74, 6) is 0.163. The predicted molar refractivity (Wildman–Crippen MR) is 85.4 cm³/mol. The zero-order valence-electron chi connectivity index (χ0n) is 12.2. The first kappa shape index (κ1) is 14.4. The van der Waals surface area contributed by atoms with E-state index >= 15 is 0 Å². The van der Waals surface area contributed by atoms with Gasteiger partial charge in [0.2, 0.25) is 5.91 Å². The number of likely N-dealkylation sites (N-methyl/N-ethyl adjacent to an activating group) is 1. The number of thiazole rings is 1. The number of benzene rings is 1. The van der Waals surface area contributed by atoms with Crippen molar-refractivity contribution in [3.05, 3.63) is 29.3 Å². The number of aromatic nitrogens is 1. The fourth-order valence-corrected chi connectivity index (χ4v) is 3.48. The lowest BCUT2D eigenvalue weighted by Gasteiger charge is -2.28. The molecule has 0 bridgehead atoms. The molecule has 3 rings (SSSR count). The van der Waals surface area contributed by atoms with E-state index in [0.717, 1.165) is 36.7 Å². The van der Waals surface area contributed by atoms with Gasteiger partial charge in [-0.05, 0) is 12.1 Å². The van der Waals surface area contributed by atoms with Crippen LogP contribution in [-0.2, 0) is 11.3 Å². The van der Waals surface area contributed by atoms with Gasteiger partial charge >= 0.3 is 0 Å². The van der Waals surface area contributed by atoms with Crippen LogP contribution in [0.1, 0.15) is 5.01 Å². The highest BCUT2D eigenvalue weighted by Gasteiger charge is 2.17. The highest BCUT2D eigenvalue weighted by molar-refractivity contribution is 7.18. The summed E-state index contributed by atoms with van der Waals surface area (Å²) in [4.78, 5) is 20.8. The molecule has 2 aromatic rings. The van der Waals surface area contributed by atoms with E-state index in [1.165, 1.54) is 4.70 Å². The Morgan fingerprint density at radius 3 is 2.90 bits per heavy atom. The van der Waals surface area contributed by atoms with E-state index in [9.17, 15) is 4.79 Å². The topological polar surface area (TPSA) is 48.5 Å². The molecular weight excluding hydrogens is 284 g/mol. The van der Waals surface area contributed by atoms with Gasteiger partial charge in [0.15, 0.2) is 0 Å². The molecular formula is C15H20N4OS. The smallest absolute Gasteiger partial charge is 0.236 e. The van der Waals surface area contributed by atoms with E-state index in [2.05, 4.69) is 21.3 Å². The lowest BCUT2D eigenvalue weighted by atomic mass is 10.3. The molecule has 1 aliphatic rings. The van der Waals surface area contributed by atoms with Crippen LogP contribution in [0.2, 0.25) is 0 Å². The van der Waals surface area contributed by atoms with E-state index < -0.39 is 0 Å². The molecule has 21 heavy (non-hydrogen) atoms. The van der Waals surface area contributed by atoms with E-state index in [0.29, 0.717) is 13.1 Å². The van der Waals surface area contributed by atoms with Gasteiger partial charge in [-0.25, -0.2) is 4.98 Å². The maximum absolute atomic E-state index is 12.3. The van der Waals surface area contributed by atoms with E-state index in [4.69, 9.17) is 0 Å². The lowest BCUT2D eigenvalue weighted by molar-refractivity contribution is -0.131. The number of carbonyl (C=O) groups excluding carboxylic acids is 1. The van der Waals surface area contributed by atoms with Gasteiger partial charge < -0.3 is 10.2 Å². The van der Waals surface area contributed by atoms with Crippen LogP contribution in [-0.4, -0.2) is 60.5 Å². The number of amides is 1. The van der Waals surface area contributed by atoms with E-state index in [1.807, 2.05) is 25.2 Å². The molecule has 5 nitrogen and oxygen atoms in total. The number of nitrogens with zero attached hydrogens (tertiary/aromatic N) is 3. The second kappa shape index (κ2) is 6.51. The Kier molecular flexibility index (Phi) is 4.48. The standard InChI is InChI=1S/C15H20N4OS/c1-18(15(20)11-19-8-6-16-7-9-19)10-14-17-12-4-2-3-5-13(12)21-14/h2-5,16H,6-11H2,1H3. The number of carbonyl (C=O) groups is 1. The fourth-order valence-electron chi connectivity index (χ4n) is 2.46. The Bertz CT molecular complexity index is 588. The lowest BCUT2D eigenvalue weighted by Crippen LogP contribution is -2.47. The van der Waals surface area contributed by atoms with Crippen molar-refractivity contribution in [2.75, 3.05) is 39.8 Å². The van der Waals surface area contributed by atoms with Gasteiger partial charge in [-0.15, -0.1) is 11.3 Å². The van der Waals surface area contributed by atoms with Crippen LogP contribution in [0.5, 0.6) is 0 Å². The van der Waals surface area contributed by atoms with Gasteiger partial charge in [-0.1, -0.05) is 12.1 Å². The third kappa shape index (κ3) is 3.58. The van der Waals surface area contributed by atoms with Gasteiger partial charge in [0, 0.05) is 33.2 Å². The molecule has 0 aliphatic carbocycles. The average Bonchev–Trinajstić information content (AvgIpc) is 2.90. The zero-order valence-corrected chi connectivity index (χ0v) is 13.0. The third-order valence-electron chi connectivity index (χ3n) is 3.70. The Morgan fingerprint density at radius 1 is 1.38 bits per heavy atom. The maximum Gasteiger partial charge on any atom is 0.236 e. The molecule has 1 aromatic carbocycles. The van der Waals surface area contributed by atoms with Crippen LogP contribution in [0, 0.1) is 0 Å². The summed E-state index contributed by atoms with van der Waals surface area (Å²) in [6.07, 6.45) is 0. The molecule has 1 aliphatic heterocycles. The fraction of sp³-hybridized carbons (Fsp3) is 0.467. The van der Waals surface area contributed by atoms with Crippen LogP contribution in [0.25, 0.3) is 10.2 Å². The van der Waals surface area contributed by atoms with Gasteiger partial charge in [0.1, 0.15) is 5.01 Å². The molecule has 1 aromatic heterocycles. The van der Waals surface area contributed by atoms with Gasteiger partial charge in [0.25, 0.3) is 0 Å². The summed E-state index contributed by atoms with van der Waals surface area (Å²) in [7, 11) is 1.86. The molecule has 1 N–H and O–H groups in total. The minimum absolute atomic E-state index is 0.163. The summed E-state index contributed by atoms with van der Waals surface area (Å²) >= 11 is 1.66. The Balaban J connectivity index is 1.59. The molecule has 0 atom stereocenters. The largest absolute Gasteiger partial charge is 0.338 e. The maximum atomic E-state index is 12.3. The Morgan fingerprint density at radius 2 is 2.14 bits per heavy atom. The zero-order chi connectivity index (χ0) is 14.7. The molecule has 2 heterocycles. The summed E-state index contributed by atoms with van der Waals surface area (Å²) in [6, 6.07) is 8.09. The molecule has 1 fully saturated rings. The van der Waals surface area contributed by atoms with Crippen molar-refractivity contribution in [3.8, 4) is 0 Å². The first-order valence-corrected chi connectivity index (χ1v) is 8.05. The minimum Gasteiger partial charge on any atom is -0.338 e. The summed E-state index contributed by atoms with van der Waals surface area (Å²) in [5.41, 5.74) is 1.01. The summed E-state index contributed by atoms with van der Waals surface area (Å²) < 4.78 is 1.18. The van der Waals surface area contributed by atoms with Gasteiger partial charge in [-0.2, -0.15) is 0 Å². The molecule has 6 heteroatoms. The van der Waals surface area contributed by atoms with Gasteiger partial charge in [-0.3, -0.25) is 9.69 Å². The highest BCUT2D eigenvalue weighted by Crippen LogP contribution is 2.22. The Labute approximate surface area is 128 Å². The average molecular weight is 304 g/mol. The van der Waals surface area contributed by atoms with E-state index in [-0.39, 0.29) is 5.91 Å². The number of para-hydroxylation sites is 1. The minimum atomic E-state index is 0.163. The molecule has 0 saturated carbocycles. The van der Waals surface area contributed by atoms with Crippen molar-refractivity contribution >= 4 is 27.5 Å². The monoisotopic (exact) mass is 304 g/mol. The summed E-state index contributed by atoms with van der Waals surface area (Å²) in [5, 5.41) is 4.29. The highest BCUT2D eigenvalue weighted by atomic mass is 32.1. The predicted octanol–water partition coefficient (Wildman–Crippen LogP) is 1.16. The quantitative estimate of drug-likeness (QED) is 0.921. The summed E-state index contributed by atoms with van der Waals surface area (Å²) in [6.45, 7) is 4.92. The van der Waals surface area contributed by atoms with E-state index in [1.54, 1.807) is 16.2 Å². The van der Waals surface area contributed by atoms with Crippen molar-refractivity contribution in [1.29, 1.82) is 0 Å². The number of hydrogen-bond donors (Lipinski definition) is 1. The normalized spacial score (nSPS) is 16.2. The van der Waals surface area contributed by atoms with Crippen LogP contribution in [0.3, 0.4) is 0 Å². The second-order valence-electron chi connectivity index (χ2n) is 5.35. The molecule has 112 valence electrons. The molecule has 1 saturated heterocycles. The molecule has 1 amide bonds. The van der Waals surface area contributed by atoms with Crippen molar-refractivity contribution in [3.63, 3.8) is 0 Å². The van der Waals surface area contributed by atoms with Crippen LogP contribution in [0.15, 0.2) is 24.3 Å². The molecule has 0 spiro atoms. The van der Waals surface area contributed by atoms with Crippen molar-refractivity contribution in [2.24, 2.45) is 0 Å². The number of rotatable bonds is 4.